The lowest BCUT2D eigenvalue weighted by atomic mass is 10.2. The molecule has 3 nitrogen and oxygen atoms in total. The Morgan fingerprint density at radius 3 is 2.73 bits per heavy atom. The molecule has 0 aliphatic rings. The van der Waals surface area contributed by atoms with E-state index < -0.39 is 0 Å². The number of hydrogen-bond donors (Lipinski definition) is 1. The first kappa shape index (κ1) is 8.17. The summed E-state index contributed by atoms with van der Waals surface area (Å²) in [4.78, 5) is 11.8. The molecule has 15 heavy (non-hydrogen) atoms. The number of aromatic nitrogens is 3. The largest absolute Gasteiger partial charge is 0.346 e. The lowest BCUT2D eigenvalue weighted by Gasteiger charge is -1.98. The molecule has 0 aliphatic heterocycles. The molecule has 0 aliphatic carbocycles. The number of hydrogen-bond acceptors (Lipinski definition) is 2. The van der Waals surface area contributed by atoms with Gasteiger partial charge in [-0.25, -0.2) is 9.97 Å². The van der Waals surface area contributed by atoms with Crippen molar-refractivity contribution in [2.75, 3.05) is 0 Å². The number of benzene rings is 1. The third-order valence-corrected chi connectivity index (χ3v) is 2.33. The van der Waals surface area contributed by atoms with Crippen LogP contribution in [0.15, 0.2) is 48.8 Å². The van der Waals surface area contributed by atoms with Crippen molar-refractivity contribution < 1.29 is 0 Å². The summed E-state index contributed by atoms with van der Waals surface area (Å²) in [6, 6.07) is 11.9. The van der Waals surface area contributed by atoms with Crippen LogP contribution >= 0.6 is 0 Å². The van der Waals surface area contributed by atoms with Crippen molar-refractivity contribution in [2.45, 2.75) is 0 Å². The maximum absolute atomic E-state index is 4.44. The van der Waals surface area contributed by atoms with Crippen LogP contribution in [0.1, 0.15) is 0 Å². The summed E-state index contributed by atoms with van der Waals surface area (Å²) in [6.07, 6.45) is 3.70. The van der Waals surface area contributed by atoms with Gasteiger partial charge in [-0.05, 0) is 6.07 Å². The highest BCUT2D eigenvalue weighted by atomic mass is 14.9. The minimum absolute atomic E-state index is 0.755. The summed E-state index contributed by atoms with van der Waals surface area (Å²) < 4.78 is 0. The van der Waals surface area contributed by atoms with Crippen molar-refractivity contribution in [1.29, 1.82) is 0 Å². The summed E-state index contributed by atoms with van der Waals surface area (Å²) in [6.45, 7) is 0. The van der Waals surface area contributed by atoms with Crippen LogP contribution in [0.3, 0.4) is 0 Å². The van der Waals surface area contributed by atoms with E-state index in [9.17, 15) is 0 Å². The third kappa shape index (κ3) is 1.38. The van der Waals surface area contributed by atoms with E-state index in [2.05, 4.69) is 15.0 Å². The topological polar surface area (TPSA) is 41.6 Å². The van der Waals surface area contributed by atoms with E-state index in [0.717, 1.165) is 22.4 Å². The minimum atomic E-state index is 0.755. The third-order valence-electron chi connectivity index (χ3n) is 2.33. The first-order valence-corrected chi connectivity index (χ1v) is 4.79. The van der Waals surface area contributed by atoms with Crippen molar-refractivity contribution >= 4 is 11.0 Å². The van der Waals surface area contributed by atoms with Gasteiger partial charge in [-0.15, -0.1) is 0 Å². The predicted molar refractivity (Wildman–Crippen MR) is 59.3 cm³/mol. The Morgan fingerprint density at radius 1 is 1.00 bits per heavy atom. The van der Waals surface area contributed by atoms with Crippen LogP contribution < -0.4 is 0 Å². The average Bonchev–Trinajstić information content (AvgIpc) is 2.77. The Kier molecular flexibility index (Phi) is 1.75. The van der Waals surface area contributed by atoms with Gasteiger partial charge in [-0.3, -0.25) is 0 Å². The minimum Gasteiger partial charge on any atom is -0.346 e. The average molecular weight is 195 g/mol. The summed E-state index contributed by atoms with van der Waals surface area (Å²) in [5.41, 5.74) is 1.91. The predicted octanol–water partition coefficient (Wildman–Crippen LogP) is 2.62. The molecule has 72 valence electrons. The molecule has 0 saturated heterocycles. The fourth-order valence-electron chi connectivity index (χ4n) is 1.57. The Labute approximate surface area is 86.8 Å². The van der Waals surface area contributed by atoms with Gasteiger partial charge in [0.15, 0.2) is 5.82 Å². The second-order valence-electron chi connectivity index (χ2n) is 3.34. The van der Waals surface area contributed by atoms with Gasteiger partial charge in [0.25, 0.3) is 0 Å². The molecule has 0 atom stereocenters. The molecule has 1 N–H and O–H groups in total. The standard InChI is InChI=1S/C12H9N3/c1-2-4-9(5-3-1)11-14-8-10-6-7-13-12(10)15-11/h1-8H,(H,13,14,15). The molecule has 2 heterocycles. The highest BCUT2D eigenvalue weighted by Gasteiger charge is 2.02. The molecule has 1 aromatic carbocycles. The quantitative estimate of drug-likeness (QED) is 0.648. The van der Waals surface area contributed by atoms with Gasteiger partial charge in [0.1, 0.15) is 5.65 Å². The van der Waals surface area contributed by atoms with Crippen molar-refractivity contribution in [1.82, 2.24) is 15.0 Å². The monoisotopic (exact) mass is 195 g/mol. The Bertz CT molecular complexity index is 584. The van der Waals surface area contributed by atoms with Crippen LogP contribution in [0.4, 0.5) is 0 Å². The van der Waals surface area contributed by atoms with Crippen LogP contribution in [0.25, 0.3) is 22.4 Å². The Balaban J connectivity index is 2.19. The molecular weight excluding hydrogens is 186 g/mol. The van der Waals surface area contributed by atoms with Crippen LogP contribution in [0, 0.1) is 0 Å². The summed E-state index contributed by atoms with van der Waals surface area (Å²) in [7, 11) is 0. The highest BCUT2D eigenvalue weighted by molar-refractivity contribution is 5.76. The second kappa shape index (κ2) is 3.20. The molecule has 3 heteroatoms. The normalized spacial score (nSPS) is 10.7. The molecule has 0 amide bonds. The smallest absolute Gasteiger partial charge is 0.161 e. The summed E-state index contributed by atoms with van der Waals surface area (Å²) in [5.74, 6) is 0.755. The number of H-pyrrole nitrogens is 1. The molecule has 0 fully saturated rings. The Morgan fingerprint density at radius 2 is 1.87 bits per heavy atom. The zero-order valence-electron chi connectivity index (χ0n) is 8.01. The molecule has 3 rings (SSSR count). The van der Waals surface area contributed by atoms with E-state index in [-0.39, 0.29) is 0 Å². The van der Waals surface area contributed by atoms with Crippen LogP contribution in [0.5, 0.6) is 0 Å². The number of nitrogens with zero attached hydrogens (tertiary/aromatic N) is 2. The maximum Gasteiger partial charge on any atom is 0.161 e. The van der Waals surface area contributed by atoms with E-state index >= 15 is 0 Å². The molecule has 0 saturated carbocycles. The zero-order chi connectivity index (χ0) is 10.1. The van der Waals surface area contributed by atoms with E-state index in [1.807, 2.05) is 48.8 Å². The Hall–Kier alpha value is -2.16. The van der Waals surface area contributed by atoms with E-state index in [0.29, 0.717) is 0 Å². The first-order valence-electron chi connectivity index (χ1n) is 4.79. The number of aromatic amines is 1. The van der Waals surface area contributed by atoms with Crippen molar-refractivity contribution in [3.05, 3.63) is 48.8 Å². The van der Waals surface area contributed by atoms with Crippen molar-refractivity contribution in [3.63, 3.8) is 0 Å². The van der Waals surface area contributed by atoms with Crippen LogP contribution in [0.2, 0.25) is 0 Å². The first-order chi connectivity index (χ1) is 7.43. The molecule has 0 bridgehead atoms. The van der Waals surface area contributed by atoms with Gasteiger partial charge in [0.05, 0.1) is 0 Å². The fraction of sp³-hybridized carbons (Fsp3) is 0. The highest BCUT2D eigenvalue weighted by Crippen LogP contribution is 2.16. The van der Waals surface area contributed by atoms with Gasteiger partial charge >= 0.3 is 0 Å². The molecule has 0 unspecified atom stereocenters. The second-order valence-corrected chi connectivity index (χ2v) is 3.34. The van der Waals surface area contributed by atoms with Gasteiger partial charge in [-0.1, -0.05) is 30.3 Å². The van der Waals surface area contributed by atoms with Gasteiger partial charge in [-0.2, -0.15) is 0 Å². The molecule has 2 aromatic heterocycles. The molecule has 0 spiro atoms. The lowest BCUT2D eigenvalue weighted by Crippen LogP contribution is -1.88. The number of fused-ring (bicyclic) bond motifs is 1. The maximum atomic E-state index is 4.44. The summed E-state index contributed by atoms with van der Waals surface area (Å²) in [5, 5.41) is 1.04. The summed E-state index contributed by atoms with van der Waals surface area (Å²) >= 11 is 0. The van der Waals surface area contributed by atoms with Crippen LogP contribution in [-0.4, -0.2) is 15.0 Å². The van der Waals surface area contributed by atoms with Gasteiger partial charge in [0, 0.05) is 23.3 Å². The van der Waals surface area contributed by atoms with E-state index in [4.69, 9.17) is 0 Å². The number of nitrogens with one attached hydrogen (secondary N) is 1. The van der Waals surface area contributed by atoms with Crippen LogP contribution in [-0.2, 0) is 0 Å². The lowest BCUT2D eigenvalue weighted by molar-refractivity contribution is 1.21. The number of rotatable bonds is 1. The zero-order valence-corrected chi connectivity index (χ0v) is 8.01. The van der Waals surface area contributed by atoms with Gasteiger partial charge in [0.2, 0.25) is 0 Å². The molecule has 3 aromatic rings. The van der Waals surface area contributed by atoms with E-state index in [1.165, 1.54) is 0 Å². The molecular formula is C12H9N3. The fourth-order valence-corrected chi connectivity index (χ4v) is 1.57. The molecule has 0 radical (unpaired) electrons. The van der Waals surface area contributed by atoms with E-state index in [1.54, 1.807) is 0 Å². The van der Waals surface area contributed by atoms with Gasteiger partial charge < -0.3 is 4.98 Å². The van der Waals surface area contributed by atoms with Crippen molar-refractivity contribution in [2.24, 2.45) is 0 Å². The SMILES string of the molecule is c1ccc(-c2ncc3cc[nH]c3n2)cc1. The van der Waals surface area contributed by atoms with Crippen molar-refractivity contribution in [3.8, 4) is 11.4 Å².